The fourth-order valence-electron chi connectivity index (χ4n) is 3.95. The number of nitrogens with one attached hydrogen (secondary N) is 1. The van der Waals surface area contributed by atoms with Gasteiger partial charge in [-0.25, -0.2) is 4.98 Å². The first-order valence-corrected chi connectivity index (χ1v) is 8.89. The maximum Gasteiger partial charge on any atom is 0.179 e. The Morgan fingerprint density at radius 2 is 2.28 bits per heavy atom. The molecule has 3 aromatic rings. The van der Waals surface area contributed by atoms with Gasteiger partial charge in [0, 0.05) is 12.1 Å². The number of aromatic nitrogens is 5. The zero-order valence-electron chi connectivity index (χ0n) is 14.7. The number of aromatic amines is 1. The van der Waals surface area contributed by atoms with Crippen LogP contribution >= 0.6 is 0 Å². The molecule has 25 heavy (non-hydrogen) atoms. The topological polar surface area (TPSA) is 68.1 Å². The standard InChI is InChI=1S/C19H23N5O/c1-4-14-9-13(8-12(3)25-5-2)10-15(14)19-23-22-17-11-21-18-16(24(17)19)6-7-20-18/h6-8,11,14-15,20H,3-5,9-10H2,1-2H3. The van der Waals surface area contributed by atoms with Gasteiger partial charge in [-0.15, -0.1) is 10.2 Å². The number of fused-ring (bicyclic) bond motifs is 3. The highest BCUT2D eigenvalue weighted by atomic mass is 16.5. The molecule has 130 valence electrons. The van der Waals surface area contributed by atoms with Crippen LogP contribution in [0.15, 0.2) is 42.4 Å². The van der Waals surface area contributed by atoms with Gasteiger partial charge < -0.3 is 9.72 Å². The SMILES string of the molecule is C=C(C=C1CC(CC)C(c2nnc3cnc4[nH]ccc4n23)C1)OCC. The third-order valence-corrected chi connectivity index (χ3v) is 5.09. The molecule has 0 amide bonds. The fraction of sp³-hybridized carbons (Fsp3) is 0.421. The molecular weight excluding hydrogens is 314 g/mol. The Balaban J connectivity index is 1.74. The zero-order chi connectivity index (χ0) is 17.4. The average Bonchev–Trinajstić information content (AvgIpc) is 3.31. The molecule has 3 aromatic heterocycles. The first-order valence-electron chi connectivity index (χ1n) is 8.89. The lowest BCUT2D eigenvalue weighted by atomic mass is 9.93. The second-order valence-corrected chi connectivity index (χ2v) is 6.61. The minimum atomic E-state index is 0.348. The Hall–Kier alpha value is -2.63. The number of ether oxygens (including phenoxy) is 1. The minimum absolute atomic E-state index is 0.348. The van der Waals surface area contributed by atoms with E-state index in [1.54, 1.807) is 6.20 Å². The van der Waals surface area contributed by atoms with Crippen LogP contribution in [0.5, 0.6) is 0 Å². The predicted molar refractivity (Wildman–Crippen MR) is 97.2 cm³/mol. The quantitative estimate of drug-likeness (QED) is 0.715. The number of hydrogen-bond acceptors (Lipinski definition) is 4. The molecule has 6 heteroatoms. The lowest BCUT2D eigenvalue weighted by Crippen LogP contribution is -2.09. The highest BCUT2D eigenvalue weighted by molar-refractivity contribution is 5.74. The van der Waals surface area contributed by atoms with Crippen LogP contribution in [0.3, 0.4) is 0 Å². The van der Waals surface area contributed by atoms with Crippen molar-refractivity contribution in [2.24, 2.45) is 5.92 Å². The van der Waals surface area contributed by atoms with Gasteiger partial charge in [-0.3, -0.25) is 4.40 Å². The van der Waals surface area contributed by atoms with Crippen LogP contribution in [0.2, 0.25) is 0 Å². The molecule has 0 aliphatic heterocycles. The van der Waals surface area contributed by atoms with Crippen molar-refractivity contribution in [2.45, 2.75) is 39.0 Å². The number of H-pyrrole nitrogens is 1. The largest absolute Gasteiger partial charge is 0.495 e. The van der Waals surface area contributed by atoms with Crippen molar-refractivity contribution < 1.29 is 4.74 Å². The lowest BCUT2D eigenvalue weighted by molar-refractivity contribution is 0.243. The van der Waals surface area contributed by atoms with E-state index in [1.807, 2.05) is 19.2 Å². The normalized spacial score (nSPS) is 22.2. The number of nitrogens with zero attached hydrogens (tertiary/aromatic N) is 4. The van der Waals surface area contributed by atoms with Crippen LogP contribution in [0.25, 0.3) is 16.8 Å². The van der Waals surface area contributed by atoms with Gasteiger partial charge in [0.05, 0.1) is 18.3 Å². The highest BCUT2D eigenvalue weighted by Crippen LogP contribution is 2.44. The van der Waals surface area contributed by atoms with E-state index in [0.717, 1.165) is 47.7 Å². The predicted octanol–water partition coefficient (Wildman–Crippen LogP) is 3.99. The summed E-state index contributed by atoms with van der Waals surface area (Å²) in [6.07, 6.45) is 8.93. The van der Waals surface area contributed by atoms with E-state index >= 15 is 0 Å². The molecule has 0 radical (unpaired) electrons. The van der Waals surface area contributed by atoms with Crippen LogP contribution in [0, 0.1) is 5.92 Å². The zero-order valence-corrected chi connectivity index (χ0v) is 14.7. The molecule has 1 fully saturated rings. The summed E-state index contributed by atoms with van der Waals surface area (Å²) in [5, 5.41) is 8.89. The maximum absolute atomic E-state index is 5.50. The van der Waals surface area contributed by atoms with Gasteiger partial charge in [0.1, 0.15) is 11.6 Å². The Bertz CT molecular complexity index is 951. The minimum Gasteiger partial charge on any atom is -0.495 e. The van der Waals surface area contributed by atoms with Gasteiger partial charge in [0.2, 0.25) is 0 Å². The summed E-state index contributed by atoms with van der Waals surface area (Å²) in [5.41, 5.74) is 4.07. The smallest absolute Gasteiger partial charge is 0.179 e. The first-order chi connectivity index (χ1) is 12.2. The van der Waals surface area contributed by atoms with Crippen LogP contribution in [0.4, 0.5) is 0 Å². The summed E-state index contributed by atoms with van der Waals surface area (Å²) < 4.78 is 7.64. The third-order valence-electron chi connectivity index (χ3n) is 5.09. The van der Waals surface area contributed by atoms with E-state index in [-0.39, 0.29) is 0 Å². The second-order valence-electron chi connectivity index (χ2n) is 6.61. The van der Waals surface area contributed by atoms with E-state index in [9.17, 15) is 0 Å². The van der Waals surface area contributed by atoms with E-state index in [1.165, 1.54) is 5.57 Å². The summed E-state index contributed by atoms with van der Waals surface area (Å²) in [5.74, 6) is 2.67. The molecule has 0 aromatic carbocycles. The monoisotopic (exact) mass is 337 g/mol. The summed E-state index contributed by atoms with van der Waals surface area (Å²) >= 11 is 0. The number of hydrogen-bond donors (Lipinski definition) is 1. The maximum atomic E-state index is 5.50. The van der Waals surface area contributed by atoms with Crippen LogP contribution in [-0.4, -0.2) is 31.2 Å². The molecule has 0 spiro atoms. The summed E-state index contributed by atoms with van der Waals surface area (Å²) in [4.78, 5) is 7.57. The van der Waals surface area contributed by atoms with E-state index in [0.29, 0.717) is 18.4 Å². The highest BCUT2D eigenvalue weighted by Gasteiger charge is 2.34. The molecule has 1 aliphatic rings. The van der Waals surface area contributed by atoms with Crippen molar-refractivity contribution in [1.29, 1.82) is 0 Å². The van der Waals surface area contributed by atoms with Crippen molar-refractivity contribution in [3.05, 3.63) is 48.3 Å². The van der Waals surface area contributed by atoms with Crippen molar-refractivity contribution in [3.8, 4) is 0 Å². The number of allylic oxidation sites excluding steroid dienone is 2. The van der Waals surface area contributed by atoms with E-state index in [2.05, 4.69) is 44.1 Å². The second kappa shape index (κ2) is 6.35. The summed E-state index contributed by atoms with van der Waals surface area (Å²) in [6, 6.07) is 2.03. The van der Waals surface area contributed by atoms with Crippen molar-refractivity contribution >= 4 is 16.8 Å². The molecule has 2 unspecified atom stereocenters. The molecule has 1 saturated carbocycles. The Morgan fingerprint density at radius 3 is 3.08 bits per heavy atom. The first kappa shape index (κ1) is 15.9. The van der Waals surface area contributed by atoms with Gasteiger partial charge >= 0.3 is 0 Å². The van der Waals surface area contributed by atoms with Crippen molar-refractivity contribution in [2.75, 3.05) is 6.61 Å². The van der Waals surface area contributed by atoms with Gasteiger partial charge in [-0.05, 0) is 37.8 Å². The molecule has 0 bridgehead atoms. The molecular formula is C19H23N5O. The van der Waals surface area contributed by atoms with Gasteiger partial charge in [0.15, 0.2) is 11.3 Å². The average molecular weight is 337 g/mol. The molecule has 4 rings (SSSR count). The molecule has 1 N–H and O–H groups in total. The molecule has 2 atom stereocenters. The van der Waals surface area contributed by atoms with Gasteiger partial charge in [-0.2, -0.15) is 0 Å². The molecule has 6 nitrogen and oxygen atoms in total. The third kappa shape index (κ3) is 2.71. The van der Waals surface area contributed by atoms with E-state index in [4.69, 9.17) is 4.74 Å². The van der Waals surface area contributed by atoms with Crippen LogP contribution in [0.1, 0.15) is 44.9 Å². The van der Waals surface area contributed by atoms with Gasteiger partial charge in [-0.1, -0.05) is 25.5 Å². The summed E-state index contributed by atoms with van der Waals surface area (Å²) in [7, 11) is 0. The Kier molecular flexibility index (Phi) is 4.03. The summed E-state index contributed by atoms with van der Waals surface area (Å²) in [6.45, 7) is 8.86. The Morgan fingerprint density at radius 1 is 1.40 bits per heavy atom. The van der Waals surface area contributed by atoms with Crippen molar-refractivity contribution in [1.82, 2.24) is 24.6 Å². The Labute approximate surface area is 146 Å². The van der Waals surface area contributed by atoms with Crippen LogP contribution < -0.4 is 0 Å². The number of rotatable bonds is 5. The van der Waals surface area contributed by atoms with Crippen LogP contribution in [-0.2, 0) is 4.74 Å². The molecule has 0 saturated heterocycles. The van der Waals surface area contributed by atoms with Crippen molar-refractivity contribution in [3.63, 3.8) is 0 Å². The lowest BCUT2D eigenvalue weighted by Gasteiger charge is -2.15. The fourth-order valence-corrected chi connectivity index (χ4v) is 3.95. The van der Waals surface area contributed by atoms with E-state index < -0.39 is 0 Å². The molecule has 1 aliphatic carbocycles. The van der Waals surface area contributed by atoms with Gasteiger partial charge in [0.25, 0.3) is 0 Å². The molecule has 3 heterocycles.